The molecule has 1 heterocycles. The van der Waals surface area contributed by atoms with Gasteiger partial charge >= 0.3 is 6.18 Å². The van der Waals surface area contributed by atoms with E-state index in [0.29, 0.717) is 16.8 Å². The molecule has 0 aliphatic carbocycles. The number of aromatic nitrogens is 2. The number of aryl methyl sites for hydroxylation is 3. The Hall–Kier alpha value is -2.31. The average molecular weight is 296 g/mol. The zero-order valence-electron chi connectivity index (χ0n) is 11.8. The van der Waals surface area contributed by atoms with Crippen LogP contribution in [0.2, 0.25) is 0 Å². The molecule has 0 saturated heterocycles. The minimum atomic E-state index is -4.65. The molecule has 1 aromatic carbocycles. The van der Waals surface area contributed by atoms with Gasteiger partial charge < -0.3 is 5.73 Å². The molecule has 0 radical (unpaired) electrons. The molecule has 0 fully saturated rings. The largest absolute Gasteiger partial charge is 0.434 e. The first-order valence-electron chi connectivity index (χ1n) is 6.20. The van der Waals surface area contributed by atoms with E-state index in [1.165, 1.54) is 0 Å². The summed E-state index contributed by atoms with van der Waals surface area (Å²) in [4.78, 5) is 0. The number of nitrogen functional groups attached to an aromatic ring is 1. The maximum atomic E-state index is 13.3. The number of amidine groups is 1. The molecule has 2 rings (SSSR count). The molecule has 2 aromatic rings. The first-order valence-corrected chi connectivity index (χ1v) is 6.20. The maximum absolute atomic E-state index is 13.3. The van der Waals surface area contributed by atoms with E-state index in [1.54, 1.807) is 26.0 Å². The summed E-state index contributed by atoms with van der Waals surface area (Å²) in [6.07, 6.45) is -3.68. The van der Waals surface area contributed by atoms with Crippen molar-refractivity contribution in [3.8, 4) is 5.69 Å². The van der Waals surface area contributed by atoms with Gasteiger partial charge in [0.15, 0.2) is 5.69 Å². The quantitative estimate of drug-likeness (QED) is 0.660. The third-order valence-corrected chi connectivity index (χ3v) is 3.18. The number of halogens is 3. The molecular weight excluding hydrogens is 281 g/mol. The van der Waals surface area contributed by atoms with Crippen LogP contribution in [0.15, 0.2) is 18.3 Å². The Morgan fingerprint density at radius 3 is 2.14 bits per heavy atom. The van der Waals surface area contributed by atoms with Crippen molar-refractivity contribution in [2.75, 3.05) is 0 Å². The van der Waals surface area contributed by atoms with Crippen LogP contribution in [0.4, 0.5) is 13.2 Å². The highest BCUT2D eigenvalue weighted by atomic mass is 19.4. The Balaban J connectivity index is 2.80. The molecule has 0 saturated carbocycles. The molecule has 112 valence electrons. The lowest BCUT2D eigenvalue weighted by molar-refractivity contribution is -0.142. The van der Waals surface area contributed by atoms with Gasteiger partial charge in [-0.3, -0.25) is 5.41 Å². The van der Waals surface area contributed by atoms with Gasteiger partial charge in [0.2, 0.25) is 0 Å². The van der Waals surface area contributed by atoms with E-state index >= 15 is 0 Å². The number of alkyl halides is 3. The zero-order valence-corrected chi connectivity index (χ0v) is 11.8. The number of hydrogen-bond donors (Lipinski definition) is 2. The predicted octanol–water partition coefficient (Wildman–Crippen LogP) is 3.10. The van der Waals surface area contributed by atoms with Crippen LogP contribution in [0.25, 0.3) is 5.69 Å². The Labute approximate surface area is 119 Å². The normalized spacial score (nSPS) is 11.7. The van der Waals surface area contributed by atoms with E-state index < -0.39 is 23.3 Å². The third-order valence-electron chi connectivity index (χ3n) is 3.18. The first kappa shape index (κ1) is 15.1. The zero-order chi connectivity index (χ0) is 15.9. The molecule has 0 aliphatic rings. The van der Waals surface area contributed by atoms with Gasteiger partial charge in [0.1, 0.15) is 5.84 Å². The molecule has 21 heavy (non-hydrogen) atoms. The lowest BCUT2D eigenvalue weighted by Gasteiger charge is -2.16. The number of rotatable bonds is 2. The molecular formula is C14H15F3N4. The van der Waals surface area contributed by atoms with Crippen LogP contribution in [0, 0.1) is 26.2 Å². The number of nitrogens with zero attached hydrogens (tertiary/aromatic N) is 2. The van der Waals surface area contributed by atoms with E-state index in [1.807, 2.05) is 6.92 Å². The summed E-state index contributed by atoms with van der Waals surface area (Å²) in [5.41, 5.74) is 6.47. The molecule has 1 aromatic heterocycles. The Morgan fingerprint density at radius 2 is 1.71 bits per heavy atom. The van der Waals surface area contributed by atoms with Crippen molar-refractivity contribution in [1.29, 1.82) is 5.41 Å². The average Bonchev–Trinajstić information content (AvgIpc) is 2.71. The summed E-state index contributed by atoms with van der Waals surface area (Å²) < 4.78 is 40.8. The molecule has 0 amide bonds. The fourth-order valence-corrected chi connectivity index (χ4v) is 2.49. The summed E-state index contributed by atoms with van der Waals surface area (Å²) in [7, 11) is 0. The van der Waals surface area contributed by atoms with Crippen molar-refractivity contribution in [1.82, 2.24) is 9.78 Å². The lowest BCUT2D eigenvalue weighted by Crippen LogP contribution is -2.21. The van der Waals surface area contributed by atoms with Crippen LogP contribution >= 0.6 is 0 Å². The van der Waals surface area contributed by atoms with Gasteiger partial charge in [-0.25, -0.2) is 4.68 Å². The fraction of sp³-hybridized carbons (Fsp3) is 0.286. The monoisotopic (exact) mass is 296 g/mol. The summed E-state index contributed by atoms with van der Waals surface area (Å²) in [5.74, 6) is -0.656. The topological polar surface area (TPSA) is 67.7 Å². The Morgan fingerprint density at radius 1 is 1.19 bits per heavy atom. The molecule has 0 unspecified atom stereocenters. The minimum absolute atomic E-state index is 0.362. The van der Waals surface area contributed by atoms with Gasteiger partial charge in [-0.1, -0.05) is 17.7 Å². The second-order valence-electron chi connectivity index (χ2n) is 4.98. The SMILES string of the molecule is Cc1cc(C)c(-n2ncc(C(=N)N)c2C(F)(F)F)c(C)c1. The van der Waals surface area contributed by atoms with Crippen molar-refractivity contribution in [2.45, 2.75) is 26.9 Å². The van der Waals surface area contributed by atoms with Crippen molar-refractivity contribution >= 4 is 5.84 Å². The van der Waals surface area contributed by atoms with E-state index in [9.17, 15) is 13.2 Å². The fourth-order valence-electron chi connectivity index (χ4n) is 2.49. The maximum Gasteiger partial charge on any atom is 0.434 e. The van der Waals surface area contributed by atoms with Gasteiger partial charge in [-0.2, -0.15) is 18.3 Å². The second-order valence-corrected chi connectivity index (χ2v) is 4.98. The van der Waals surface area contributed by atoms with Crippen LogP contribution in [-0.4, -0.2) is 15.6 Å². The first-order chi connectivity index (χ1) is 9.62. The van der Waals surface area contributed by atoms with E-state index in [0.717, 1.165) is 16.4 Å². The summed E-state index contributed by atoms with van der Waals surface area (Å²) in [6.45, 7) is 5.33. The van der Waals surface area contributed by atoms with Crippen molar-refractivity contribution in [2.24, 2.45) is 5.73 Å². The smallest absolute Gasteiger partial charge is 0.384 e. The van der Waals surface area contributed by atoms with Gasteiger partial charge in [0, 0.05) is 0 Å². The third kappa shape index (κ3) is 2.63. The van der Waals surface area contributed by atoms with Crippen molar-refractivity contribution < 1.29 is 13.2 Å². The molecule has 0 spiro atoms. The van der Waals surface area contributed by atoms with E-state index in [2.05, 4.69) is 5.10 Å². The van der Waals surface area contributed by atoms with E-state index in [-0.39, 0.29) is 0 Å². The standard InChI is InChI=1S/C14H15F3N4/c1-7-4-8(2)11(9(3)5-7)21-12(14(15,16)17)10(6-20-21)13(18)19/h4-6H,1-3H3,(H3,18,19). The summed E-state index contributed by atoms with van der Waals surface area (Å²) >= 11 is 0. The highest BCUT2D eigenvalue weighted by Gasteiger charge is 2.39. The van der Waals surface area contributed by atoms with Gasteiger partial charge in [-0.15, -0.1) is 0 Å². The molecule has 0 atom stereocenters. The number of benzene rings is 1. The van der Waals surface area contributed by atoms with Crippen molar-refractivity contribution in [3.63, 3.8) is 0 Å². The van der Waals surface area contributed by atoms with Gasteiger partial charge in [0.05, 0.1) is 17.4 Å². The second kappa shape index (κ2) is 4.91. The summed E-state index contributed by atoms with van der Waals surface area (Å²) in [5, 5.41) is 11.1. The van der Waals surface area contributed by atoms with Crippen LogP contribution in [-0.2, 0) is 6.18 Å². The van der Waals surface area contributed by atoms with Crippen LogP contribution < -0.4 is 5.73 Å². The number of nitrogens with two attached hydrogens (primary N) is 1. The van der Waals surface area contributed by atoms with Gasteiger partial charge in [0.25, 0.3) is 0 Å². The van der Waals surface area contributed by atoms with Crippen LogP contribution in [0.3, 0.4) is 0 Å². The Bertz CT molecular complexity index is 690. The number of nitrogens with one attached hydrogen (secondary N) is 1. The van der Waals surface area contributed by atoms with Gasteiger partial charge in [-0.05, 0) is 31.9 Å². The lowest BCUT2D eigenvalue weighted by atomic mass is 10.0. The summed E-state index contributed by atoms with van der Waals surface area (Å²) in [6, 6.07) is 3.58. The molecule has 7 heteroatoms. The minimum Gasteiger partial charge on any atom is -0.384 e. The Kier molecular flexibility index (Phi) is 3.52. The van der Waals surface area contributed by atoms with E-state index in [4.69, 9.17) is 11.1 Å². The molecule has 4 nitrogen and oxygen atoms in total. The van der Waals surface area contributed by atoms with Crippen LogP contribution in [0.1, 0.15) is 27.9 Å². The van der Waals surface area contributed by atoms with Crippen molar-refractivity contribution in [3.05, 3.63) is 46.3 Å². The molecule has 3 N–H and O–H groups in total. The highest BCUT2D eigenvalue weighted by molar-refractivity contribution is 5.96. The van der Waals surface area contributed by atoms with Crippen LogP contribution in [0.5, 0.6) is 0 Å². The molecule has 0 bridgehead atoms. The number of hydrogen-bond acceptors (Lipinski definition) is 2. The predicted molar refractivity (Wildman–Crippen MR) is 73.8 cm³/mol. The highest BCUT2D eigenvalue weighted by Crippen LogP contribution is 2.35. The molecule has 0 aliphatic heterocycles.